The average molecular weight is 337 g/mol. The second-order valence-corrected chi connectivity index (χ2v) is 8.12. The number of thiophene rings is 1. The van der Waals surface area contributed by atoms with Gasteiger partial charge in [0.15, 0.2) is 0 Å². The summed E-state index contributed by atoms with van der Waals surface area (Å²) in [5.74, 6) is 0.266. The molecule has 0 aromatic carbocycles. The van der Waals surface area contributed by atoms with Gasteiger partial charge in [0.25, 0.3) is 0 Å². The highest BCUT2D eigenvalue weighted by atomic mass is 32.1. The Balaban J connectivity index is 1.67. The predicted molar refractivity (Wildman–Crippen MR) is 93.8 cm³/mol. The second-order valence-electron chi connectivity index (χ2n) is 7.34. The molecule has 1 spiro atoms. The molecule has 5 heteroatoms. The Labute approximate surface area is 143 Å². The number of nitrogens with zero attached hydrogens (tertiary/aromatic N) is 2. The van der Waals surface area contributed by atoms with Crippen LogP contribution in [0.1, 0.15) is 32.3 Å². The summed E-state index contributed by atoms with van der Waals surface area (Å²) in [5.41, 5.74) is 1.25. The Bertz CT molecular complexity index is 517. The van der Waals surface area contributed by atoms with Crippen LogP contribution in [0.25, 0.3) is 0 Å². The van der Waals surface area contributed by atoms with Gasteiger partial charge in [-0.3, -0.25) is 9.69 Å². The molecule has 2 fully saturated rings. The third-order valence-corrected chi connectivity index (χ3v) is 5.88. The first-order valence-electron chi connectivity index (χ1n) is 8.69. The number of carbonyl (C=O) groups is 1. The highest BCUT2D eigenvalue weighted by Crippen LogP contribution is 2.33. The van der Waals surface area contributed by atoms with Crippen LogP contribution in [0.2, 0.25) is 0 Å². The molecule has 1 unspecified atom stereocenters. The van der Waals surface area contributed by atoms with Gasteiger partial charge in [-0.2, -0.15) is 11.3 Å². The van der Waals surface area contributed by atoms with E-state index in [2.05, 4.69) is 35.1 Å². The van der Waals surface area contributed by atoms with Gasteiger partial charge in [0, 0.05) is 37.6 Å². The minimum absolute atomic E-state index is 0.114. The minimum Gasteiger partial charge on any atom is -0.379 e. The molecular formula is C18H28N2O2S. The number of hydrogen-bond donors (Lipinski definition) is 0. The molecule has 0 aliphatic carbocycles. The number of amides is 1. The zero-order valence-electron chi connectivity index (χ0n) is 14.3. The van der Waals surface area contributed by atoms with Gasteiger partial charge in [-0.05, 0) is 49.1 Å². The van der Waals surface area contributed by atoms with E-state index in [4.69, 9.17) is 4.74 Å². The molecule has 0 N–H and O–H groups in total. The van der Waals surface area contributed by atoms with Crippen molar-refractivity contribution in [3.05, 3.63) is 22.4 Å². The minimum atomic E-state index is 0.114. The Morgan fingerprint density at radius 3 is 3.00 bits per heavy atom. The molecule has 2 aliphatic heterocycles. The number of carbonyl (C=O) groups excluding carboxylic acids is 1. The summed E-state index contributed by atoms with van der Waals surface area (Å²) in [6, 6.07) is 2.59. The number of rotatable bonds is 3. The third kappa shape index (κ3) is 4.14. The lowest BCUT2D eigenvalue weighted by Crippen LogP contribution is -2.53. The van der Waals surface area contributed by atoms with Gasteiger partial charge in [0.2, 0.25) is 5.91 Å². The first kappa shape index (κ1) is 16.9. The smallest absolute Gasteiger partial charge is 0.227 e. The number of likely N-dealkylation sites (tertiary alicyclic amines) is 1. The third-order valence-electron chi connectivity index (χ3n) is 5.15. The monoisotopic (exact) mass is 336 g/mol. The lowest BCUT2D eigenvalue weighted by molar-refractivity contribution is -0.135. The molecule has 3 rings (SSSR count). The van der Waals surface area contributed by atoms with Crippen molar-refractivity contribution in [3.63, 3.8) is 0 Å². The molecule has 3 heterocycles. The maximum atomic E-state index is 12.7. The number of piperidine rings is 1. The van der Waals surface area contributed by atoms with Crippen molar-refractivity contribution in [2.75, 3.05) is 39.4 Å². The fourth-order valence-corrected chi connectivity index (χ4v) is 4.48. The van der Waals surface area contributed by atoms with Crippen molar-refractivity contribution in [3.8, 4) is 0 Å². The molecule has 0 saturated carbocycles. The molecule has 23 heavy (non-hydrogen) atoms. The number of hydrogen-bond acceptors (Lipinski definition) is 4. The second kappa shape index (κ2) is 7.32. The van der Waals surface area contributed by atoms with Gasteiger partial charge in [0.05, 0.1) is 19.6 Å². The van der Waals surface area contributed by atoms with E-state index in [1.165, 1.54) is 6.42 Å². The van der Waals surface area contributed by atoms with Gasteiger partial charge in [-0.15, -0.1) is 0 Å². The standard InChI is InChI=1S/C18H28N2O2S/c1-15(2)19-7-8-22-14-18(12-19)5-3-6-20(13-18)17(21)10-16-4-9-23-11-16/h4,9,11,15H,3,5-8,10,12-14H2,1-2H3. The van der Waals surface area contributed by atoms with Gasteiger partial charge < -0.3 is 9.64 Å². The van der Waals surface area contributed by atoms with Crippen molar-refractivity contribution < 1.29 is 9.53 Å². The SMILES string of the molecule is CC(C)N1CCOCC2(CCCN(C(=O)Cc3ccsc3)C2)C1. The van der Waals surface area contributed by atoms with Crippen LogP contribution in [-0.4, -0.2) is 61.1 Å². The Hall–Kier alpha value is -0.910. The Kier molecular flexibility index (Phi) is 5.39. The van der Waals surface area contributed by atoms with Gasteiger partial charge in [-0.1, -0.05) is 0 Å². The van der Waals surface area contributed by atoms with Gasteiger partial charge in [-0.25, -0.2) is 0 Å². The molecule has 0 radical (unpaired) electrons. The van der Waals surface area contributed by atoms with Crippen LogP contribution in [0.5, 0.6) is 0 Å². The molecular weight excluding hydrogens is 308 g/mol. The van der Waals surface area contributed by atoms with Crippen molar-refractivity contribution in [1.29, 1.82) is 0 Å². The highest BCUT2D eigenvalue weighted by Gasteiger charge is 2.40. The van der Waals surface area contributed by atoms with Crippen molar-refractivity contribution >= 4 is 17.2 Å². The average Bonchev–Trinajstić information content (AvgIpc) is 2.95. The zero-order valence-corrected chi connectivity index (χ0v) is 15.1. The normalized spacial score (nSPS) is 26.7. The Morgan fingerprint density at radius 2 is 2.26 bits per heavy atom. The van der Waals surface area contributed by atoms with E-state index in [0.29, 0.717) is 12.5 Å². The van der Waals surface area contributed by atoms with Gasteiger partial charge in [0.1, 0.15) is 0 Å². The van der Waals surface area contributed by atoms with E-state index < -0.39 is 0 Å². The van der Waals surface area contributed by atoms with Crippen LogP contribution < -0.4 is 0 Å². The van der Waals surface area contributed by atoms with E-state index in [1.807, 2.05) is 5.38 Å². The molecule has 4 nitrogen and oxygen atoms in total. The summed E-state index contributed by atoms with van der Waals surface area (Å²) in [4.78, 5) is 17.3. The summed E-state index contributed by atoms with van der Waals surface area (Å²) in [6.45, 7) is 9.89. The van der Waals surface area contributed by atoms with Crippen molar-refractivity contribution in [1.82, 2.24) is 9.80 Å². The summed E-state index contributed by atoms with van der Waals surface area (Å²) in [6.07, 6.45) is 2.79. The van der Waals surface area contributed by atoms with Crippen LogP contribution in [0.4, 0.5) is 0 Å². The largest absolute Gasteiger partial charge is 0.379 e. The molecule has 128 valence electrons. The molecule has 1 aromatic heterocycles. The molecule has 2 saturated heterocycles. The van der Waals surface area contributed by atoms with Crippen molar-refractivity contribution in [2.24, 2.45) is 5.41 Å². The molecule has 1 amide bonds. The lowest BCUT2D eigenvalue weighted by atomic mass is 9.79. The first-order valence-corrected chi connectivity index (χ1v) is 9.63. The predicted octanol–water partition coefficient (Wildman–Crippen LogP) is 2.64. The quantitative estimate of drug-likeness (QED) is 0.851. The maximum absolute atomic E-state index is 12.7. The topological polar surface area (TPSA) is 32.8 Å². The van der Waals surface area contributed by atoms with Gasteiger partial charge >= 0.3 is 0 Å². The fourth-order valence-electron chi connectivity index (χ4n) is 3.81. The first-order chi connectivity index (χ1) is 11.1. The van der Waals surface area contributed by atoms with Crippen LogP contribution in [0.15, 0.2) is 16.8 Å². The van der Waals surface area contributed by atoms with Crippen LogP contribution >= 0.6 is 11.3 Å². The molecule has 1 atom stereocenters. The summed E-state index contributed by atoms with van der Waals surface area (Å²) in [7, 11) is 0. The van der Waals surface area contributed by atoms with E-state index in [1.54, 1.807) is 11.3 Å². The fraction of sp³-hybridized carbons (Fsp3) is 0.722. The lowest BCUT2D eigenvalue weighted by Gasteiger charge is -2.44. The van der Waals surface area contributed by atoms with E-state index in [0.717, 1.165) is 51.4 Å². The summed E-state index contributed by atoms with van der Waals surface area (Å²) in [5, 5.41) is 4.12. The van der Waals surface area contributed by atoms with Crippen LogP contribution in [-0.2, 0) is 16.0 Å². The summed E-state index contributed by atoms with van der Waals surface area (Å²) >= 11 is 1.66. The summed E-state index contributed by atoms with van der Waals surface area (Å²) < 4.78 is 5.92. The van der Waals surface area contributed by atoms with Crippen LogP contribution in [0.3, 0.4) is 0 Å². The van der Waals surface area contributed by atoms with Crippen molar-refractivity contribution in [2.45, 2.75) is 39.2 Å². The van der Waals surface area contributed by atoms with Crippen LogP contribution in [0, 0.1) is 5.41 Å². The van der Waals surface area contributed by atoms with E-state index in [-0.39, 0.29) is 11.3 Å². The molecule has 1 aromatic rings. The maximum Gasteiger partial charge on any atom is 0.227 e. The molecule has 2 aliphatic rings. The molecule has 0 bridgehead atoms. The highest BCUT2D eigenvalue weighted by molar-refractivity contribution is 7.07. The van der Waals surface area contributed by atoms with E-state index >= 15 is 0 Å². The van der Waals surface area contributed by atoms with E-state index in [9.17, 15) is 4.79 Å². The number of ether oxygens (including phenoxy) is 1. The zero-order chi connectivity index (χ0) is 16.3. The Morgan fingerprint density at radius 1 is 1.39 bits per heavy atom.